The van der Waals surface area contributed by atoms with Gasteiger partial charge in [-0.1, -0.05) is 65.5 Å². The van der Waals surface area contributed by atoms with Crippen LogP contribution in [-0.4, -0.2) is 29.2 Å². The van der Waals surface area contributed by atoms with E-state index in [0.717, 1.165) is 54.8 Å². The second-order valence-corrected chi connectivity index (χ2v) is 13.8. The van der Waals surface area contributed by atoms with Gasteiger partial charge in [0, 0.05) is 6.42 Å². The zero-order valence-corrected chi connectivity index (χ0v) is 23.4. The van der Waals surface area contributed by atoms with Gasteiger partial charge in [0.25, 0.3) is 0 Å². The first-order valence-corrected chi connectivity index (χ1v) is 14.8. The van der Waals surface area contributed by atoms with Crippen molar-refractivity contribution in [1.29, 1.82) is 0 Å². The van der Waals surface area contributed by atoms with Crippen LogP contribution in [0, 0.1) is 46.3 Å². The number of carboxylic acid groups (broad SMARTS) is 1. The average molecular weight is 502 g/mol. The van der Waals surface area contributed by atoms with Gasteiger partial charge in [0.15, 0.2) is 0 Å². The second kappa shape index (κ2) is 10.8. The molecule has 0 aromatic heterocycles. The lowest BCUT2D eigenvalue weighted by molar-refractivity contribution is -0.155. The molecule has 4 rings (SSSR count). The third kappa shape index (κ3) is 5.28. The average Bonchev–Trinajstić information content (AvgIpc) is 3.15. The summed E-state index contributed by atoms with van der Waals surface area (Å²) in [6, 6.07) is -1.08. The maximum Gasteiger partial charge on any atom is 0.323 e. The van der Waals surface area contributed by atoms with Crippen LogP contribution >= 0.6 is 0 Å². The van der Waals surface area contributed by atoms with Crippen molar-refractivity contribution in [3.63, 3.8) is 0 Å². The lowest BCUT2D eigenvalue weighted by Crippen LogP contribution is -2.51. The highest BCUT2D eigenvalue weighted by molar-refractivity contribution is 5.81. The molecule has 36 heavy (non-hydrogen) atoms. The molecule has 0 spiro atoms. The lowest BCUT2D eigenvalue weighted by Gasteiger charge is -2.58. The van der Waals surface area contributed by atoms with Crippen molar-refractivity contribution in [2.45, 2.75) is 124 Å². The molecule has 5 heteroatoms. The number of hydrogen-bond donors (Lipinski definition) is 2. The van der Waals surface area contributed by atoms with Crippen molar-refractivity contribution in [2.75, 3.05) is 0 Å². The summed E-state index contributed by atoms with van der Waals surface area (Å²) in [5.41, 5.74) is 7.92. The Morgan fingerprint density at radius 2 is 1.83 bits per heavy atom. The SMILES string of the molecule is CC(C)CCC[C@@H](C)[C@H]1CC[C@H]2C3CC=C4C[C@@H](OC(=O)C(N)CC(=O)O)CC[C@]4(C)[C@H]3CC[C@]12C. The first-order chi connectivity index (χ1) is 17.0. The molecule has 0 amide bonds. The zero-order valence-electron chi connectivity index (χ0n) is 23.4. The molecule has 0 bridgehead atoms. The molecule has 3 N–H and O–H groups in total. The minimum Gasteiger partial charge on any atom is -0.481 e. The smallest absolute Gasteiger partial charge is 0.323 e. The number of ether oxygens (including phenoxy) is 1. The first kappa shape index (κ1) is 27.7. The number of aliphatic carboxylic acids is 1. The number of rotatable bonds is 9. The number of carboxylic acids is 1. The Labute approximate surface area is 219 Å². The van der Waals surface area contributed by atoms with Crippen LogP contribution in [0.25, 0.3) is 0 Å². The molecular formula is C31H51NO4. The Morgan fingerprint density at radius 3 is 2.53 bits per heavy atom. The quantitative estimate of drug-likeness (QED) is 0.270. The highest BCUT2D eigenvalue weighted by atomic mass is 16.5. The van der Waals surface area contributed by atoms with Crippen molar-refractivity contribution in [3.05, 3.63) is 11.6 Å². The van der Waals surface area contributed by atoms with Crippen molar-refractivity contribution in [1.82, 2.24) is 0 Å². The molecule has 0 aromatic carbocycles. The van der Waals surface area contributed by atoms with Crippen LogP contribution in [0.15, 0.2) is 11.6 Å². The Bertz CT molecular complexity index is 852. The number of esters is 1. The largest absolute Gasteiger partial charge is 0.481 e. The Kier molecular flexibility index (Phi) is 8.29. The van der Waals surface area contributed by atoms with E-state index < -0.39 is 18.0 Å². The molecule has 9 atom stereocenters. The molecule has 4 aliphatic carbocycles. The number of allylic oxidation sites excluding steroid dienone is 1. The molecule has 3 fully saturated rings. The van der Waals surface area contributed by atoms with Crippen molar-refractivity contribution in [3.8, 4) is 0 Å². The Balaban J connectivity index is 1.41. The summed E-state index contributed by atoms with van der Waals surface area (Å²) < 4.78 is 5.69. The van der Waals surface area contributed by atoms with Gasteiger partial charge in [-0.05, 0) is 91.3 Å². The minimum absolute atomic E-state index is 0.176. The third-order valence-corrected chi connectivity index (χ3v) is 11.2. The van der Waals surface area contributed by atoms with Gasteiger partial charge < -0.3 is 15.6 Å². The summed E-state index contributed by atoms with van der Waals surface area (Å²) >= 11 is 0. The first-order valence-electron chi connectivity index (χ1n) is 14.8. The van der Waals surface area contributed by atoms with Crippen LogP contribution in [0.3, 0.4) is 0 Å². The van der Waals surface area contributed by atoms with Crippen LogP contribution in [-0.2, 0) is 14.3 Å². The van der Waals surface area contributed by atoms with Crippen molar-refractivity contribution >= 4 is 11.9 Å². The van der Waals surface area contributed by atoms with Crippen molar-refractivity contribution < 1.29 is 19.4 Å². The molecule has 204 valence electrons. The van der Waals surface area contributed by atoms with Gasteiger partial charge in [0.1, 0.15) is 12.1 Å². The summed E-state index contributed by atoms with van der Waals surface area (Å²) in [4.78, 5) is 23.2. The monoisotopic (exact) mass is 501 g/mol. The topological polar surface area (TPSA) is 89.6 Å². The van der Waals surface area contributed by atoms with Crippen LogP contribution < -0.4 is 5.73 Å². The molecule has 0 saturated heterocycles. The van der Waals surface area contributed by atoms with E-state index in [1.807, 2.05) is 0 Å². The third-order valence-electron chi connectivity index (χ3n) is 11.2. The van der Waals surface area contributed by atoms with Crippen LogP contribution in [0.4, 0.5) is 0 Å². The summed E-state index contributed by atoms with van der Waals surface area (Å²) in [6.07, 6.45) is 15.4. The van der Waals surface area contributed by atoms with E-state index in [-0.39, 0.29) is 17.9 Å². The molecule has 0 aliphatic heterocycles. The molecule has 3 saturated carbocycles. The summed E-state index contributed by atoms with van der Waals surface area (Å²) in [6.45, 7) is 12.3. The second-order valence-electron chi connectivity index (χ2n) is 13.8. The number of fused-ring (bicyclic) bond motifs is 5. The maximum absolute atomic E-state index is 12.3. The summed E-state index contributed by atoms with van der Waals surface area (Å²) in [7, 11) is 0. The molecule has 4 aliphatic rings. The van der Waals surface area contributed by atoms with E-state index in [0.29, 0.717) is 5.41 Å². The number of hydrogen-bond acceptors (Lipinski definition) is 4. The Hall–Kier alpha value is -1.36. The highest BCUT2D eigenvalue weighted by Crippen LogP contribution is 2.67. The highest BCUT2D eigenvalue weighted by Gasteiger charge is 2.59. The van der Waals surface area contributed by atoms with Gasteiger partial charge in [-0.25, -0.2) is 0 Å². The van der Waals surface area contributed by atoms with Gasteiger partial charge in [-0.15, -0.1) is 0 Å². The molecule has 5 nitrogen and oxygen atoms in total. The van der Waals surface area contributed by atoms with Gasteiger partial charge in [-0.2, -0.15) is 0 Å². The Morgan fingerprint density at radius 1 is 1.08 bits per heavy atom. The fourth-order valence-corrected chi connectivity index (χ4v) is 9.28. The van der Waals surface area contributed by atoms with Crippen molar-refractivity contribution in [2.24, 2.45) is 52.1 Å². The predicted molar refractivity (Wildman–Crippen MR) is 143 cm³/mol. The van der Waals surface area contributed by atoms with E-state index >= 15 is 0 Å². The van der Waals surface area contributed by atoms with E-state index in [1.54, 1.807) is 0 Å². The fourth-order valence-electron chi connectivity index (χ4n) is 9.28. The minimum atomic E-state index is -1.08. The number of nitrogens with two attached hydrogens (primary N) is 1. The standard InChI is InChI=1S/C31H51NO4/c1-19(2)7-6-8-20(3)24-11-12-25-23-10-9-21-17-22(36-29(35)27(32)18-28(33)34)13-15-30(21,4)26(23)14-16-31(24,25)5/h9,19-20,22-27H,6-8,10-18,32H2,1-5H3,(H,33,34)/t20-,22+,23?,24-,25+,26+,27?,30+,31-/m1/s1. The zero-order chi connectivity index (χ0) is 26.3. The van der Waals surface area contributed by atoms with Gasteiger partial charge in [0.2, 0.25) is 0 Å². The number of carbonyl (C=O) groups is 2. The molecular weight excluding hydrogens is 450 g/mol. The van der Waals surface area contributed by atoms with Crippen LogP contribution in [0.5, 0.6) is 0 Å². The molecule has 2 unspecified atom stereocenters. The van der Waals surface area contributed by atoms with Gasteiger partial charge >= 0.3 is 11.9 Å². The summed E-state index contributed by atoms with van der Waals surface area (Å²) in [5, 5.41) is 8.93. The molecule has 0 radical (unpaired) electrons. The lowest BCUT2D eigenvalue weighted by atomic mass is 9.47. The molecule has 0 aromatic rings. The van der Waals surface area contributed by atoms with E-state index in [4.69, 9.17) is 15.6 Å². The number of carbonyl (C=O) groups excluding carboxylic acids is 1. The normalized spacial score (nSPS) is 39.4. The van der Waals surface area contributed by atoms with Gasteiger partial charge in [0.05, 0.1) is 6.42 Å². The van der Waals surface area contributed by atoms with E-state index in [9.17, 15) is 9.59 Å². The van der Waals surface area contributed by atoms with Gasteiger partial charge in [-0.3, -0.25) is 9.59 Å². The van der Waals surface area contributed by atoms with Crippen LogP contribution in [0.1, 0.15) is 112 Å². The van der Waals surface area contributed by atoms with Crippen LogP contribution in [0.2, 0.25) is 0 Å². The predicted octanol–water partition coefficient (Wildman–Crippen LogP) is 6.74. The molecule has 0 heterocycles. The summed E-state index contributed by atoms with van der Waals surface area (Å²) in [5.74, 6) is 3.23. The maximum atomic E-state index is 12.3. The fraction of sp³-hybridized carbons (Fsp3) is 0.871. The van der Waals surface area contributed by atoms with E-state index in [1.165, 1.54) is 56.9 Å². The van der Waals surface area contributed by atoms with E-state index in [2.05, 4.69) is 40.7 Å².